The van der Waals surface area contributed by atoms with Gasteiger partial charge in [-0.05, 0) is 41.8 Å². The number of anilines is 1. The topological polar surface area (TPSA) is 42.0 Å². The lowest BCUT2D eigenvalue weighted by Gasteiger charge is -2.03. The van der Waals surface area contributed by atoms with Gasteiger partial charge in [0.2, 0.25) is 0 Å². The van der Waals surface area contributed by atoms with Crippen LogP contribution < -0.4 is 5.32 Å². The Labute approximate surface area is 131 Å². The Morgan fingerprint density at radius 3 is 2.77 bits per heavy atom. The molecule has 3 aromatic rings. The number of aromatic nitrogens is 1. The molecule has 0 aliphatic carbocycles. The zero-order chi connectivity index (χ0) is 15.7. The second kappa shape index (κ2) is 5.85. The van der Waals surface area contributed by atoms with E-state index in [4.69, 9.17) is 0 Å². The van der Waals surface area contributed by atoms with Crippen molar-refractivity contribution in [2.45, 2.75) is 19.8 Å². The molecule has 112 valence electrons. The molecule has 0 atom stereocenters. The quantitative estimate of drug-likeness (QED) is 0.753. The summed E-state index contributed by atoms with van der Waals surface area (Å²) in [5.74, 6) is -0.349. The number of hydrogen-bond acceptors (Lipinski definition) is 3. The lowest BCUT2D eigenvalue weighted by atomic mass is 10.0. The second-order valence-electron chi connectivity index (χ2n) is 5.37. The lowest BCUT2D eigenvalue weighted by Crippen LogP contribution is -2.11. The van der Waals surface area contributed by atoms with Crippen molar-refractivity contribution in [2.75, 3.05) is 5.32 Å². The lowest BCUT2D eigenvalue weighted by molar-refractivity contribution is 0.102. The zero-order valence-corrected chi connectivity index (χ0v) is 13.1. The number of benzene rings is 2. The Balaban J connectivity index is 1.86. The predicted octanol–water partition coefficient (Wildman–Crippen LogP) is 4.81. The van der Waals surface area contributed by atoms with Gasteiger partial charge in [-0.25, -0.2) is 9.37 Å². The van der Waals surface area contributed by atoms with Crippen LogP contribution in [0.1, 0.15) is 35.7 Å². The van der Waals surface area contributed by atoms with Gasteiger partial charge < -0.3 is 0 Å². The molecule has 5 heteroatoms. The predicted molar refractivity (Wildman–Crippen MR) is 88.1 cm³/mol. The van der Waals surface area contributed by atoms with Crippen molar-refractivity contribution in [1.29, 1.82) is 0 Å². The second-order valence-corrected chi connectivity index (χ2v) is 6.40. The van der Waals surface area contributed by atoms with Crippen LogP contribution in [0.25, 0.3) is 10.2 Å². The number of rotatable bonds is 3. The van der Waals surface area contributed by atoms with Crippen molar-refractivity contribution in [1.82, 2.24) is 4.98 Å². The largest absolute Gasteiger partial charge is 0.298 e. The van der Waals surface area contributed by atoms with Crippen molar-refractivity contribution in [3.8, 4) is 0 Å². The molecule has 0 aliphatic heterocycles. The minimum absolute atomic E-state index is 0.280. The molecule has 3 nitrogen and oxygen atoms in total. The highest BCUT2D eigenvalue weighted by Gasteiger charge is 2.11. The van der Waals surface area contributed by atoms with E-state index in [1.54, 1.807) is 6.07 Å². The summed E-state index contributed by atoms with van der Waals surface area (Å²) in [5, 5.41) is 3.24. The number of nitrogens with zero attached hydrogens (tertiary/aromatic N) is 1. The van der Waals surface area contributed by atoms with Crippen molar-refractivity contribution in [2.24, 2.45) is 0 Å². The van der Waals surface area contributed by atoms with E-state index in [-0.39, 0.29) is 11.5 Å². The summed E-state index contributed by atoms with van der Waals surface area (Å²) in [6.45, 7) is 4.27. The van der Waals surface area contributed by atoms with Gasteiger partial charge in [-0.15, -0.1) is 0 Å². The number of fused-ring (bicyclic) bond motifs is 1. The number of carbonyl (C=O) groups is 1. The fourth-order valence-corrected chi connectivity index (χ4v) is 3.06. The molecule has 1 N–H and O–H groups in total. The van der Waals surface area contributed by atoms with Gasteiger partial charge >= 0.3 is 0 Å². The minimum atomic E-state index is -0.432. The van der Waals surface area contributed by atoms with E-state index in [2.05, 4.69) is 30.2 Å². The van der Waals surface area contributed by atoms with E-state index in [1.807, 2.05) is 12.1 Å². The molecule has 3 rings (SSSR count). The molecule has 2 aromatic carbocycles. The highest BCUT2D eigenvalue weighted by molar-refractivity contribution is 7.22. The first-order valence-corrected chi connectivity index (χ1v) is 7.82. The first-order valence-electron chi connectivity index (χ1n) is 7.00. The summed E-state index contributed by atoms with van der Waals surface area (Å²) < 4.78 is 14.2. The Kier molecular flexibility index (Phi) is 3.90. The number of hydrogen-bond donors (Lipinski definition) is 1. The standard InChI is InChI=1S/C17H15FN2OS/c1-10(2)11-6-7-14-15(9-11)22-17(19-14)20-16(21)12-4-3-5-13(18)8-12/h3-10H,1-2H3,(H,19,20,21). The summed E-state index contributed by atoms with van der Waals surface area (Å²) in [4.78, 5) is 16.5. The summed E-state index contributed by atoms with van der Waals surface area (Å²) >= 11 is 1.42. The highest BCUT2D eigenvalue weighted by Crippen LogP contribution is 2.29. The van der Waals surface area contributed by atoms with Crippen molar-refractivity contribution >= 4 is 32.6 Å². The summed E-state index contributed by atoms with van der Waals surface area (Å²) in [6, 6.07) is 11.7. The fourth-order valence-electron chi connectivity index (χ4n) is 2.15. The van der Waals surface area contributed by atoms with E-state index < -0.39 is 5.82 Å². The third-order valence-electron chi connectivity index (χ3n) is 3.39. The summed E-state index contributed by atoms with van der Waals surface area (Å²) in [5.41, 5.74) is 2.37. The first kappa shape index (κ1) is 14.7. The van der Waals surface area contributed by atoms with Crippen LogP contribution in [0.15, 0.2) is 42.5 Å². The third-order valence-corrected chi connectivity index (χ3v) is 4.32. The molecule has 1 aromatic heterocycles. The normalized spacial score (nSPS) is 11.1. The van der Waals surface area contributed by atoms with Crippen LogP contribution in [0.2, 0.25) is 0 Å². The molecule has 22 heavy (non-hydrogen) atoms. The van der Waals surface area contributed by atoms with E-state index in [1.165, 1.54) is 35.1 Å². The van der Waals surface area contributed by atoms with Crippen molar-refractivity contribution in [3.63, 3.8) is 0 Å². The number of amides is 1. The van der Waals surface area contributed by atoms with Gasteiger partial charge in [-0.2, -0.15) is 0 Å². The Morgan fingerprint density at radius 1 is 1.23 bits per heavy atom. The average molecular weight is 314 g/mol. The fraction of sp³-hybridized carbons (Fsp3) is 0.176. The molecule has 0 saturated carbocycles. The molecular formula is C17H15FN2OS. The van der Waals surface area contributed by atoms with Crippen LogP contribution in [0.3, 0.4) is 0 Å². The van der Waals surface area contributed by atoms with Crippen LogP contribution in [0.5, 0.6) is 0 Å². The maximum absolute atomic E-state index is 13.2. The van der Waals surface area contributed by atoms with Crippen molar-refractivity contribution in [3.05, 3.63) is 59.4 Å². The zero-order valence-electron chi connectivity index (χ0n) is 12.3. The minimum Gasteiger partial charge on any atom is -0.298 e. The average Bonchev–Trinajstić information content (AvgIpc) is 2.88. The van der Waals surface area contributed by atoms with E-state index >= 15 is 0 Å². The molecule has 0 unspecified atom stereocenters. The molecular weight excluding hydrogens is 299 g/mol. The molecule has 1 heterocycles. The molecule has 0 fully saturated rings. The maximum Gasteiger partial charge on any atom is 0.257 e. The smallest absolute Gasteiger partial charge is 0.257 e. The molecule has 1 amide bonds. The van der Waals surface area contributed by atoms with Crippen LogP contribution in [0.4, 0.5) is 9.52 Å². The Morgan fingerprint density at radius 2 is 2.05 bits per heavy atom. The SMILES string of the molecule is CC(C)c1ccc2nc(NC(=O)c3cccc(F)c3)sc2c1. The van der Waals surface area contributed by atoms with Crippen LogP contribution in [-0.2, 0) is 0 Å². The van der Waals surface area contributed by atoms with Gasteiger partial charge in [0.05, 0.1) is 10.2 Å². The third kappa shape index (κ3) is 2.99. The number of nitrogens with one attached hydrogen (secondary N) is 1. The van der Waals surface area contributed by atoms with Crippen LogP contribution in [0, 0.1) is 5.82 Å². The highest BCUT2D eigenvalue weighted by atomic mass is 32.1. The van der Waals surface area contributed by atoms with Crippen LogP contribution in [-0.4, -0.2) is 10.9 Å². The van der Waals surface area contributed by atoms with Gasteiger partial charge in [-0.3, -0.25) is 10.1 Å². The Bertz CT molecular complexity index is 842. The Hall–Kier alpha value is -2.27. The monoisotopic (exact) mass is 314 g/mol. The summed E-state index contributed by atoms with van der Waals surface area (Å²) in [7, 11) is 0. The maximum atomic E-state index is 13.2. The first-order chi connectivity index (χ1) is 10.5. The number of halogens is 1. The van der Waals surface area contributed by atoms with E-state index in [9.17, 15) is 9.18 Å². The molecule has 0 aliphatic rings. The van der Waals surface area contributed by atoms with Gasteiger partial charge in [0, 0.05) is 5.56 Å². The van der Waals surface area contributed by atoms with Gasteiger partial charge in [0.1, 0.15) is 5.82 Å². The van der Waals surface area contributed by atoms with Crippen LogP contribution >= 0.6 is 11.3 Å². The molecule has 0 spiro atoms. The van der Waals surface area contributed by atoms with E-state index in [0.29, 0.717) is 11.0 Å². The number of thiazole rings is 1. The van der Waals surface area contributed by atoms with Crippen molar-refractivity contribution < 1.29 is 9.18 Å². The van der Waals surface area contributed by atoms with Gasteiger partial charge in [0.25, 0.3) is 5.91 Å². The molecule has 0 bridgehead atoms. The summed E-state index contributed by atoms with van der Waals surface area (Å²) in [6.07, 6.45) is 0. The number of carbonyl (C=O) groups excluding carboxylic acids is 1. The molecule has 0 radical (unpaired) electrons. The van der Waals surface area contributed by atoms with Gasteiger partial charge in [0.15, 0.2) is 5.13 Å². The molecule has 0 saturated heterocycles. The van der Waals surface area contributed by atoms with E-state index in [0.717, 1.165) is 10.2 Å². The van der Waals surface area contributed by atoms with Gasteiger partial charge in [-0.1, -0.05) is 37.3 Å².